The number of carbonyl (C=O) groups excluding carboxylic acids is 6. The fourth-order valence-electron chi connectivity index (χ4n) is 5.92. The Morgan fingerprint density at radius 3 is 0.981 bits per heavy atom. The van der Waals surface area contributed by atoms with Gasteiger partial charge < -0.3 is 61.0 Å². The second-order valence-electron chi connectivity index (χ2n) is 14.0. The highest BCUT2D eigenvalue weighted by Crippen LogP contribution is 2.11. The Labute approximate surface area is 323 Å². The van der Waals surface area contributed by atoms with Gasteiger partial charge in [-0.05, 0) is 103 Å². The lowest BCUT2D eigenvalue weighted by molar-refractivity contribution is -0.135. The van der Waals surface area contributed by atoms with Crippen LogP contribution in [0.25, 0.3) is 0 Å². The molecule has 5 atom stereocenters. The van der Waals surface area contributed by atoms with Crippen LogP contribution in [0.3, 0.4) is 0 Å². The zero-order chi connectivity index (χ0) is 40.6. The molecular formula is C37H75N11O6. The monoisotopic (exact) mass is 770 g/mol. The molecule has 0 fully saturated rings. The van der Waals surface area contributed by atoms with Gasteiger partial charge >= 0.3 is 0 Å². The van der Waals surface area contributed by atoms with Gasteiger partial charge in [0.2, 0.25) is 35.4 Å². The molecule has 0 aliphatic heterocycles. The molecule has 17 N–H and O–H groups in total. The Bertz CT molecular complexity index is 1070. The van der Waals surface area contributed by atoms with Gasteiger partial charge in [0.05, 0.1) is 0 Å². The number of primary amides is 1. The molecule has 0 aromatic rings. The van der Waals surface area contributed by atoms with Gasteiger partial charge in [0.1, 0.15) is 30.2 Å². The van der Waals surface area contributed by atoms with Gasteiger partial charge in [-0.25, -0.2) is 0 Å². The number of hydrogen-bond donors (Lipinski definition) is 11. The van der Waals surface area contributed by atoms with E-state index in [-0.39, 0.29) is 57.6 Å². The molecule has 0 spiro atoms. The molecule has 0 saturated carbocycles. The predicted octanol–water partition coefficient (Wildman–Crippen LogP) is -0.489. The van der Waals surface area contributed by atoms with Crippen LogP contribution in [0, 0.1) is 0 Å². The third-order valence-corrected chi connectivity index (χ3v) is 9.20. The van der Waals surface area contributed by atoms with Gasteiger partial charge in [0.15, 0.2) is 0 Å². The van der Waals surface area contributed by atoms with Crippen LogP contribution in [0.15, 0.2) is 0 Å². The summed E-state index contributed by atoms with van der Waals surface area (Å²) >= 11 is 0. The van der Waals surface area contributed by atoms with Crippen molar-refractivity contribution in [1.82, 2.24) is 26.6 Å². The van der Waals surface area contributed by atoms with Gasteiger partial charge in [-0.3, -0.25) is 28.8 Å². The van der Waals surface area contributed by atoms with Crippen molar-refractivity contribution in [3.63, 3.8) is 0 Å². The molecule has 54 heavy (non-hydrogen) atoms. The SMILES string of the molecule is CCCCCCCCCCCC(=O)N[C@@H](CCCN)C(=O)N[C@@H](CCCN)C(=O)N[C@@H](CCCN)C(=O)N[C@@H](CCCN)C(=O)N[C@@H](CCCN)C(N)=O. The number of nitrogens with one attached hydrogen (secondary N) is 5. The van der Waals surface area contributed by atoms with E-state index in [9.17, 15) is 28.8 Å². The largest absolute Gasteiger partial charge is 0.368 e. The topological polar surface area (TPSA) is 319 Å². The molecule has 0 rings (SSSR count). The van der Waals surface area contributed by atoms with Crippen LogP contribution in [0.2, 0.25) is 0 Å². The van der Waals surface area contributed by atoms with Crippen LogP contribution in [0.4, 0.5) is 0 Å². The quantitative estimate of drug-likeness (QED) is 0.0366. The van der Waals surface area contributed by atoms with E-state index in [1.54, 1.807) is 0 Å². The van der Waals surface area contributed by atoms with Gasteiger partial charge in [-0.15, -0.1) is 0 Å². The maximum absolute atomic E-state index is 13.7. The third kappa shape index (κ3) is 24.1. The average Bonchev–Trinajstić information content (AvgIpc) is 3.15. The van der Waals surface area contributed by atoms with E-state index in [1.165, 1.54) is 32.1 Å². The molecule has 0 aromatic heterocycles. The second kappa shape index (κ2) is 33.0. The van der Waals surface area contributed by atoms with Crippen molar-refractivity contribution in [2.45, 2.75) is 166 Å². The lowest BCUT2D eigenvalue weighted by atomic mass is 10.0. The molecule has 0 unspecified atom stereocenters. The van der Waals surface area contributed by atoms with E-state index in [1.807, 2.05) is 0 Å². The van der Waals surface area contributed by atoms with E-state index in [0.717, 1.165) is 19.3 Å². The smallest absolute Gasteiger partial charge is 0.243 e. The Morgan fingerprint density at radius 1 is 0.389 bits per heavy atom. The van der Waals surface area contributed by atoms with Crippen molar-refractivity contribution in [3.05, 3.63) is 0 Å². The molecule has 6 amide bonds. The van der Waals surface area contributed by atoms with Gasteiger partial charge in [0.25, 0.3) is 0 Å². The van der Waals surface area contributed by atoms with E-state index in [0.29, 0.717) is 58.0 Å². The Hall–Kier alpha value is -3.38. The third-order valence-electron chi connectivity index (χ3n) is 9.20. The van der Waals surface area contributed by atoms with Crippen molar-refractivity contribution >= 4 is 35.4 Å². The molecule has 314 valence electrons. The summed E-state index contributed by atoms with van der Waals surface area (Å²) in [5.41, 5.74) is 33.9. The zero-order valence-corrected chi connectivity index (χ0v) is 33.0. The van der Waals surface area contributed by atoms with Crippen molar-refractivity contribution in [2.75, 3.05) is 32.7 Å². The molecule has 0 bridgehead atoms. The van der Waals surface area contributed by atoms with Crippen LogP contribution in [0.1, 0.15) is 135 Å². The molecule has 0 saturated heterocycles. The normalized spacial score (nSPS) is 13.9. The van der Waals surface area contributed by atoms with Crippen LogP contribution >= 0.6 is 0 Å². The first-order chi connectivity index (χ1) is 26.0. The zero-order valence-electron chi connectivity index (χ0n) is 33.0. The maximum atomic E-state index is 13.7. The number of hydrogen-bond acceptors (Lipinski definition) is 11. The van der Waals surface area contributed by atoms with Crippen molar-refractivity contribution in [2.24, 2.45) is 34.4 Å². The lowest BCUT2D eigenvalue weighted by Gasteiger charge is -2.27. The summed E-state index contributed by atoms with van der Waals surface area (Å²) in [6.07, 6.45) is 13.4. The minimum atomic E-state index is -1.11. The molecule has 17 nitrogen and oxygen atoms in total. The summed E-state index contributed by atoms with van der Waals surface area (Å²) in [5, 5.41) is 13.6. The minimum Gasteiger partial charge on any atom is -0.368 e. The Balaban J connectivity index is 5.69. The van der Waals surface area contributed by atoms with E-state index in [4.69, 9.17) is 34.4 Å². The minimum absolute atomic E-state index is 0.144. The number of nitrogens with two attached hydrogens (primary N) is 6. The van der Waals surface area contributed by atoms with E-state index >= 15 is 0 Å². The Kier molecular flexibility index (Phi) is 30.9. The van der Waals surface area contributed by atoms with Crippen molar-refractivity contribution < 1.29 is 28.8 Å². The highest BCUT2D eigenvalue weighted by Gasteiger charge is 2.32. The van der Waals surface area contributed by atoms with Gasteiger partial charge in [-0.2, -0.15) is 0 Å². The van der Waals surface area contributed by atoms with E-state index < -0.39 is 59.7 Å². The van der Waals surface area contributed by atoms with E-state index in [2.05, 4.69) is 33.5 Å². The first-order valence-corrected chi connectivity index (χ1v) is 20.3. The van der Waals surface area contributed by atoms with Crippen molar-refractivity contribution in [3.8, 4) is 0 Å². The van der Waals surface area contributed by atoms with Crippen LogP contribution < -0.4 is 61.0 Å². The van der Waals surface area contributed by atoms with Crippen LogP contribution in [-0.2, 0) is 28.8 Å². The van der Waals surface area contributed by atoms with Crippen LogP contribution in [-0.4, -0.2) is 98.4 Å². The molecule has 0 aliphatic carbocycles. The molecule has 0 aliphatic rings. The maximum Gasteiger partial charge on any atom is 0.243 e. The van der Waals surface area contributed by atoms with Crippen molar-refractivity contribution in [1.29, 1.82) is 0 Å². The summed E-state index contributed by atoms with van der Waals surface area (Å²) in [4.78, 5) is 78.8. The summed E-state index contributed by atoms with van der Waals surface area (Å²) in [7, 11) is 0. The fraction of sp³-hybridized carbons (Fsp3) is 0.838. The molecule has 0 aromatic carbocycles. The first kappa shape index (κ1) is 50.6. The van der Waals surface area contributed by atoms with Crippen LogP contribution in [0.5, 0.6) is 0 Å². The number of amides is 6. The fourth-order valence-corrected chi connectivity index (χ4v) is 5.92. The average molecular weight is 770 g/mol. The summed E-state index contributed by atoms with van der Waals surface area (Å²) < 4.78 is 0. The van der Waals surface area contributed by atoms with Gasteiger partial charge in [-0.1, -0.05) is 58.3 Å². The predicted molar refractivity (Wildman–Crippen MR) is 212 cm³/mol. The summed E-state index contributed by atoms with van der Waals surface area (Å²) in [5.74, 6) is -3.43. The molecule has 17 heteroatoms. The highest BCUT2D eigenvalue weighted by molar-refractivity contribution is 5.96. The summed E-state index contributed by atoms with van der Waals surface area (Å²) in [6.45, 7) is 3.53. The first-order valence-electron chi connectivity index (χ1n) is 20.3. The molecule has 0 heterocycles. The number of carbonyl (C=O) groups is 6. The number of rotatable bonds is 35. The second-order valence-corrected chi connectivity index (χ2v) is 14.0. The standard InChI is InChI=1S/C37H75N11O6/c1-2-3-4-5-6-7-8-9-10-21-32(49)44-28(17-12-23-39)34(51)46-30(19-14-25-41)36(53)48-31(20-15-26-42)37(54)47-29(18-13-24-40)35(52)45-27(33(43)50)16-11-22-38/h27-31H,2-26,38-42H2,1H3,(H2,43,50)(H,44,49)(H,45,52)(H,46,51)(H,47,54)(H,48,53)/t27-,28-,29-,30-,31-/m0/s1. The highest BCUT2D eigenvalue weighted by atomic mass is 16.2. The molecular weight excluding hydrogens is 694 g/mol. The summed E-state index contributed by atoms with van der Waals surface area (Å²) in [6, 6.07) is -5.14. The lowest BCUT2D eigenvalue weighted by Crippen LogP contribution is -2.59. The number of unbranched alkanes of at least 4 members (excludes halogenated alkanes) is 8. The van der Waals surface area contributed by atoms with Gasteiger partial charge in [0, 0.05) is 6.42 Å². The Morgan fingerprint density at radius 2 is 0.667 bits per heavy atom. The molecule has 0 radical (unpaired) electrons.